The Balaban J connectivity index is 1.63. The highest BCUT2D eigenvalue weighted by molar-refractivity contribution is 4.83. The van der Waals surface area contributed by atoms with Crippen LogP contribution in [0.1, 0.15) is 32.6 Å². The first-order valence-corrected chi connectivity index (χ1v) is 6.69. The zero-order chi connectivity index (χ0) is 11.4. The molecule has 1 aliphatic heterocycles. The van der Waals surface area contributed by atoms with Crippen LogP contribution in [0.2, 0.25) is 0 Å². The van der Waals surface area contributed by atoms with Gasteiger partial charge in [0.15, 0.2) is 0 Å². The minimum Gasteiger partial charge on any atom is -0.374 e. The number of nitrogens with one attached hydrogen (secondary N) is 1. The van der Waals surface area contributed by atoms with Crippen LogP contribution in [-0.4, -0.2) is 50.8 Å². The van der Waals surface area contributed by atoms with Crippen LogP contribution in [0.3, 0.4) is 0 Å². The number of hydrogen-bond donors (Lipinski definition) is 1. The molecule has 0 radical (unpaired) electrons. The lowest BCUT2D eigenvalue weighted by Crippen LogP contribution is -2.46. The van der Waals surface area contributed by atoms with Crippen LogP contribution in [0.25, 0.3) is 0 Å². The minimum absolute atomic E-state index is 0.392. The summed E-state index contributed by atoms with van der Waals surface area (Å²) < 4.78 is 5.74. The van der Waals surface area contributed by atoms with Gasteiger partial charge in [-0.05, 0) is 25.3 Å². The van der Waals surface area contributed by atoms with Gasteiger partial charge in [-0.1, -0.05) is 19.8 Å². The predicted molar refractivity (Wildman–Crippen MR) is 66.7 cm³/mol. The average molecular weight is 226 g/mol. The zero-order valence-electron chi connectivity index (χ0n) is 10.8. The predicted octanol–water partition coefficient (Wildman–Crippen LogP) is 1.49. The van der Waals surface area contributed by atoms with Gasteiger partial charge in [0, 0.05) is 26.2 Å². The van der Waals surface area contributed by atoms with Gasteiger partial charge in [-0.2, -0.15) is 0 Å². The molecule has 2 aliphatic rings. The van der Waals surface area contributed by atoms with Gasteiger partial charge in [-0.25, -0.2) is 0 Å². The molecule has 94 valence electrons. The third-order valence-electron chi connectivity index (χ3n) is 4.08. The second-order valence-corrected chi connectivity index (χ2v) is 5.90. The molecule has 1 heterocycles. The van der Waals surface area contributed by atoms with E-state index in [1.54, 1.807) is 0 Å². The Morgan fingerprint density at radius 3 is 2.81 bits per heavy atom. The summed E-state index contributed by atoms with van der Waals surface area (Å²) in [6.07, 6.45) is 6.02. The average Bonchev–Trinajstić information content (AvgIpc) is 2.65. The minimum atomic E-state index is 0.392. The highest BCUT2D eigenvalue weighted by Gasteiger charge is 2.28. The summed E-state index contributed by atoms with van der Waals surface area (Å²) in [5, 5.41) is 3.61. The molecule has 1 saturated heterocycles. The van der Waals surface area contributed by atoms with Crippen molar-refractivity contribution >= 4 is 0 Å². The van der Waals surface area contributed by atoms with Crippen molar-refractivity contribution in [2.24, 2.45) is 5.41 Å². The van der Waals surface area contributed by atoms with E-state index in [0.717, 1.165) is 32.8 Å². The molecule has 1 saturated carbocycles. The van der Waals surface area contributed by atoms with Gasteiger partial charge in [0.25, 0.3) is 0 Å². The molecule has 0 aromatic rings. The van der Waals surface area contributed by atoms with Crippen molar-refractivity contribution in [1.82, 2.24) is 10.2 Å². The highest BCUT2D eigenvalue weighted by atomic mass is 16.5. The van der Waals surface area contributed by atoms with Gasteiger partial charge < -0.3 is 15.0 Å². The number of likely N-dealkylation sites (N-methyl/N-ethyl adjacent to an activating group) is 1. The van der Waals surface area contributed by atoms with E-state index >= 15 is 0 Å². The monoisotopic (exact) mass is 226 g/mol. The molecule has 0 bridgehead atoms. The summed E-state index contributed by atoms with van der Waals surface area (Å²) in [6, 6.07) is 0. The van der Waals surface area contributed by atoms with Crippen molar-refractivity contribution in [3.8, 4) is 0 Å². The molecule has 1 unspecified atom stereocenters. The lowest BCUT2D eigenvalue weighted by molar-refractivity contribution is -0.0189. The van der Waals surface area contributed by atoms with Crippen molar-refractivity contribution < 1.29 is 4.74 Å². The number of hydrogen-bond acceptors (Lipinski definition) is 3. The van der Waals surface area contributed by atoms with Gasteiger partial charge in [0.1, 0.15) is 0 Å². The molecule has 3 heteroatoms. The standard InChI is InChI=1S/C13H26N2O/c1-13(5-3-4-6-13)11-14-9-12-10-15(2)7-8-16-12/h12,14H,3-11H2,1-2H3. The van der Waals surface area contributed by atoms with Crippen molar-refractivity contribution in [1.29, 1.82) is 0 Å². The molecule has 1 aliphatic carbocycles. The first kappa shape index (κ1) is 12.3. The summed E-state index contributed by atoms with van der Waals surface area (Å²) >= 11 is 0. The summed E-state index contributed by atoms with van der Waals surface area (Å²) in [4.78, 5) is 2.35. The smallest absolute Gasteiger partial charge is 0.0826 e. The first-order valence-electron chi connectivity index (χ1n) is 6.69. The first-order chi connectivity index (χ1) is 7.68. The van der Waals surface area contributed by atoms with Crippen molar-refractivity contribution in [3.05, 3.63) is 0 Å². The Kier molecular flexibility index (Phi) is 4.22. The quantitative estimate of drug-likeness (QED) is 0.786. The molecular weight excluding hydrogens is 200 g/mol. The number of rotatable bonds is 4. The summed E-state index contributed by atoms with van der Waals surface area (Å²) in [6.45, 7) is 7.63. The Bertz CT molecular complexity index is 214. The Labute approximate surface area is 99.5 Å². The summed E-state index contributed by atoms with van der Waals surface area (Å²) in [5.74, 6) is 0. The number of morpholine rings is 1. The van der Waals surface area contributed by atoms with Gasteiger partial charge in [-0.15, -0.1) is 0 Å². The van der Waals surface area contributed by atoms with Crippen LogP contribution in [0, 0.1) is 5.41 Å². The largest absolute Gasteiger partial charge is 0.374 e. The molecule has 2 fully saturated rings. The van der Waals surface area contributed by atoms with Crippen molar-refractivity contribution in [3.63, 3.8) is 0 Å². The lowest BCUT2D eigenvalue weighted by atomic mass is 9.89. The molecule has 3 nitrogen and oxygen atoms in total. The van der Waals surface area contributed by atoms with Crippen LogP contribution in [0.15, 0.2) is 0 Å². The molecule has 0 aromatic carbocycles. The van der Waals surface area contributed by atoms with Gasteiger partial charge in [-0.3, -0.25) is 0 Å². The molecule has 0 aromatic heterocycles. The second kappa shape index (κ2) is 5.48. The van der Waals surface area contributed by atoms with E-state index in [-0.39, 0.29) is 0 Å². The maximum absolute atomic E-state index is 5.74. The third-order valence-corrected chi connectivity index (χ3v) is 4.08. The SMILES string of the molecule is CN1CCOC(CNCC2(C)CCCC2)C1. The summed E-state index contributed by atoms with van der Waals surface area (Å²) in [7, 11) is 2.17. The fourth-order valence-corrected chi connectivity index (χ4v) is 2.93. The van der Waals surface area contributed by atoms with Crippen LogP contribution in [0.5, 0.6) is 0 Å². The third kappa shape index (κ3) is 3.44. The van der Waals surface area contributed by atoms with Crippen LogP contribution >= 0.6 is 0 Å². The van der Waals surface area contributed by atoms with E-state index in [9.17, 15) is 0 Å². The van der Waals surface area contributed by atoms with E-state index in [0.29, 0.717) is 11.5 Å². The van der Waals surface area contributed by atoms with Crippen LogP contribution in [0.4, 0.5) is 0 Å². The maximum Gasteiger partial charge on any atom is 0.0826 e. The molecule has 16 heavy (non-hydrogen) atoms. The molecule has 1 atom stereocenters. The Morgan fingerprint density at radius 1 is 1.38 bits per heavy atom. The molecular formula is C13H26N2O. The van der Waals surface area contributed by atoms with Crippen molar-refractivity contribution in [2.75, 3.05) is 39.8 Å². The molecule has 0 spiro atoms. The molecule has 0 amide bonds. The Morgan fingerprint density at radius 2 is 2.12 bits per heavy atom. The van der Waals surface area contributed by atoms with E-state index in [1.165, 1.54) is 25.7 Å². The maximum atomic E-state index is 5.74. The fourth-order valence-electron chi connectivity index (χ4n) is 2.93. The van der Waals surface area contributed by atoms with E-state index in [1.807, 2.05) is 0 Å². The number of nitrogens with zero attached hydrogens (tertiary/aromatic N) is 1. The highest BCUT2D eigenvalue weighted by Crippen LogP contribution is 2.36. The lowest BCUT2D eigenvalue weighted by Gasteiger charge is -2.31. The van der Waals surface area contributed by atoms with E-state index in [4.69, 9.17) is 4.74 Å². The summed E-state index contributed by atoms with van der Waals surface area (Å²) in [5.41, 5.74) is 0.556. The second-order valence-electron chi connectivity index (χ2n) is 5.90. The number of ether oxygens (including phenoxy) is 1. The van der Waals surface area contributed by atoms with Crippen LogP contribution < -0.4 is 5.32 Å². The van der Waals surface area contributed by atoms with E-state index < -0.39 is 0 Å². The van der Waals surface area contributed by atoms with Crippen LogP contribution in [-0.2, 0) is 4.74 Å². The van der Waals surface area contributed by atoms with E-state index in [2.05, 4.69) is 24.2 Å². The van der Waals surface area contributed by atoms with Gasteiger partial charge in [0.05, 0.1) is 12.7 Å². The normalized spacial score (nSPS) is 30.8. The Hall–Kier alpha value is -0.120. The molecule has 2 rings (SSSR count). The topological polar surface area (TPSA) is 24.5 Å². The van der Waals surface area contributed by atoms with Crippen molar-refractivity contribution in [2.45, 2.75) is 38.7 Å². The molecule has 1 N–H and O–H groups in total. The van der Waals surface area contributed by atoms with Gasteiger partial charge in [0.2, 0.25) is 0 Å². The van der Waals surface area contributed by atoms with Gasteiger partial charge >= 0.3 is 0 Å². The fraction of sp³-hybridized carbons (Fsp3) is 1.00. The zero-order valence-corrected chi connectivity index (χ0v) is 10.8.